The van der Waals surface area contributed by atoms with E-state index in [0.29, 0.717) is 12.1 Å². The molecule has 5 heteroatoms. The number of hydrogen-bond donors (Lipinski definition) is 2. The highest BCUT2D eigenvalue weighted by Gasteiger charge is 2.11. The summed E-state index contributed by atoms with van der Waals surface area (Å²) < 4.78 is 5.10. The monoisotopic (exact) mass is 282 g/mol. The van der Waals surface area contributed by atoms with Crippen molar-refractivity contribution in [2.45, 2.75) is 6.42 Å². The molecule has 0 saturated carbocycles. The Morgan fingerprint density at radius 1 is 1.00 bits per heavy atom. The molecule has 1 heterocycles. The summed E-state index contributed by atoms with van der Waals surface area (Å²) in [7, 11) is 1.41. The minimum Gasteiger partial charge on any atom is -0.490 e. The lowest BCUT2D eigenvalue weighted by atomic mass is 10.0. The van der Waals surface area contributed by atoms with Crippen LogP contribution in [0, 0.1) is 0 Å². The molecule has 0 bridgehead atoms. The van der Waals surface area contributed by atoms with Gasteiger partial charge in [-0.05, 0) is 16.3 Å². The van der Waals surface area contributed by atoms with Crippen molar-refractivity contribution in [2.75, 3.05) is 7.11 Å². The van der Waals surface area contributed by atoms with Crippen LogP contribution in [0.5, 0.6) is 5.75 Å². The molecule has 0 spiro atoms. The zero-order chi connectivity index (χ0) is 14.8. The van der Waals surface area contributed by atoms with Gasteiger partial charge in [-0.1, -0.05) is 42.5 Å². The van der Waals surface area contributed by atoms with Gasteiger partial charge in [0.2, 0.25) is 5.75 Å². The second-order valence-electron chi connectivity index (χ2n) is 4.74. The van der Waals surface area contributed by atoms with Crippen LogP contribution >= 0.6 is 0 Å². The Morgan fingerprint density at radius 2 is 1.76 bits per heavy atom. The molecule has 0 atom stereocenters. The highest BCUT2D eigenvalue weighted by atomic mass is 16.5. The first-order chi connectivity index (χ1) is 10.2. The van der Waals surface area contributed by atoms with Gasteiger partial charge in [-0.25, -0.2) is 4.79 Å². The second kappa shape index (κ2) is 5.28. The normalized spacial score (nSPS) is 10.7. The number of aromatic nitrogens is 2. The molecule has 0 aliphatic heterocycles. The molecule has 0 amide bonds. The van der Waals surface area contributed by atoms with E-state index in [4.69, 9.17) is 4.74 Å². The fourth-order valence-electron chi connectivity index (χ4n) is 2.50. The number of aromatic amines is 2. The van der Waals surface area contributed by atoms with Crippen molar-refractivity contribution in [1.29, 1.82) is 0 Å². The molecule has 0 saturated heterocycles. The number of rotatable bonds is 3. The van der Waals surface area contributed by atoms with E-state index in [-0.39, 0.29) is 5.75 Å². The highest BCUT2D eigenvalue weighted by molar-refractivity contribution is 5.85. The van der Waals surface area contributed by atoms with Crippen LogP contribution in [0.25, 0.3) is 10.8 Å². The Balaban J connectivity index is 2.15. The predicted octanol–water partition coefficient (Wildman–Crippen LogP) is 1.82. The molecule has 2 N–H and O–H groups in total. The first kappa shape index (κ1) is 13.2. The van der Waals surface area contributed by atoms with Crippen molar-refractivity contribution in [3.8, 4) is 5.75 Å². The van der Waals surface area contributed by atoms with E-state index in [1.54, 1.807) is 0 Å². The second-order valence-corrected chi connectivity index (χ2v) is 4.74. The van der Waals surface area contributed by atoms with Crippen molar-refractivity contribution < 1.29 is 4.74 Å². The average Bonchev–Trinajstić information content (AvgIpc) is 2.47. The largest absolute Gasteiger partial charge is 0.490 e. The van der Waals surface area contributed by atoms with Crippen LogP contribution in [0.3, 0.4) is 0 Å². The van der Waals surface area contributed by atoms with Gasteiger partial charge in [0.25, 0.3) is 5.56 Å². The summed E-state index contributed by atoms with van der Waals surface area (Å²) in [5.74, 6) is 0.141. The summed E-state index contributed by atoms with van der Waals surface area (Å²) in [4.78, 5) is 28.0. The number of benzene rings is 2. The lowest BCUT2D eigenvalue weighted by Gasteiger charge is -2.09. The quantitative estimate of drug-likeness (QED) is 0.769. The number of hydrogen-bond acceptors (Lipinski definition) is 3. The smallest absolute Gasteiger partial charge is 0.326 e. The Morgan fingerprint density at radius 3 is 2.57 bits per heavy atom. The van der Waals surface area contributed by atoms with Crippen molar-refractivity contribution >= 4 is 10.8 Å². The minimum atomic E-state index is -0.531. The van der Waals surface area contributed by atoms with Gasteiger partial charge in [-0.2, -0.15) is 0 Å². The number of methoxy groups -OCH3 is 1. The van der Waals surface area contributed by atoms with Gasteiger partial charge in [0, 0.05) is 6.42 Å². The van der Waals surface area contributed by atoms with E-state index in [1.165, 1.54) is 7.11 Å². The van der Waals surface area contributed by atoms with E-state index < -0.39 is 11.2 Å². The van der Waals surface area contributed by atoms with Gasteiger partial charge in [-0.15, -0.1) is 0 Å². The molecular formula is C16H14N2O3. The third-order valence-corrected chi connectivity index (χ3v) is 3.42. The van der Waals surface area contributed by atoms with Crippen LogP contribution < -0.4 is 16.0 Å². The van der Waals surface area contributed by atoms with Crippen LogP contribution in [-0.2, 0) is 6.42 Å². The van der Waals surface area contributed by atoms with Gasteiger partial charge in [-0.3, -0.25) is 9.78 Å². The maximum absolute atomic E-state index is 11.7. The van der Waals surface area contributed by atoms with Crippen LogP contribution in [0.4, 0.5) is 0 Å². The van der Waals surface area contributed by atoms with Crippen molar-refractivity contribution in [3.05, 3.63) is 74.6 Å². The minimum absolute atomic E-state index is 0.141. The van der Waals surface area contributed by atoms with Crippen LogP contribution in [-0.4, -0.2) is 17.1 Å². The van der Waals surface area contributed by atoms with Crippen LogP contribution in [0.15, 0.2) is 52.1 Å². The van der Waals surface area contributed by atoms with Crippen molar-refractivity contribution in [3.63, 3.8) is 0 Å². The highest BCUT2D eigenvalue weighted by Crippen LogP contribution is 2.22. The van der Waals surface area contributed by atoms with E-state index >= 15 is 0 Å². The van der Waals surface area contributed by atoms with Crippen molar-refractivity contribution in [2.24, 2.45) is 0 Å². The Kier molecular flexibility index (Phi) is 3.31. The molecule has 0 fully saturated rings. The molecule has 3 aromatic rings. The molecule has 0 aliphatic rings. The van der Waals surface area contributed by atoms with Gasteiger partial charge >= 0.3 is 5.69 Å². The fourth-order valence-corrected chi connectivity index (χ4v) is 2.50. The van der Waals surface area contributed by atoms with Crippen LogP contribution in [0.2, 0.25) is 0 Å². The Bertz CT molecular complexity index is 904. The summed E-state index contributed by atoms with van der Waals surface area (Å²) >= 11 is 0. The average molecular weight is 282 g/mol. The number of fused-ring (bicyclic) bond motifs is 1. The first-order valence-electron chi connectivity index (χ1n) is 6.55. The molecule has 21 heavy (non-hydrogen) atoms. The van der Waals surface area contributed by atoms with E-state index in [9.17, 15) is 9.59 Å². The maximum Gasteiger partial charge on any atom is 0.326 e. The number of nitrogens with one attached hydrogen (secondary N) is 2. The van der Waals surface area contributed by atoms with Crippen molar-refractivity contribution in [1.82, 2.24) is 9.97 Å². The van der Waals surface area contributed by atoms with Gasteiger partial charge in [0.15, 0.2) is 0 Å². The summed E-state index contributed by atoms with van der Waals surface area (Å²) in [6.07, 6.45) is 0.420. The third kappa shape index (κ3) is 2.45. The molecular weight excluding hydrogens is 268 g/mol. The van der Waals surface area contributed by atoms with E-state index in [0.717, 1.165) is 16.3 Å². The molecule has 0 radical (unpaired) electrons. The molecule has 0 unspecified atom stereocenters. The zero-order valence-corrected chi connectivity index (χ0v) is 11.5. The molecule has 2 aromatic carbocycles. The fraction of sp³-hybridized carbons (Fsp3) is 0.125. The lowest BCUT2D eigenvalue weighted by molar-refractivity contribution is 0.400. The molecule has 5 nitrogen and oxygen atoms in total. The van der Waals surface area contributed by atoms with Crippen LogP contribution in [0.1, 0.15) is 11.3 Å². The van der Waals surface area contributed by atoms with E-state index in [1.807, 2.05) is 42.5 Å². The van der Waals surface area contributed by atoms with E-state index in [2.05, 4.69) is 9.97 Å². The lowest BCUT2D eigenvalue weighted by Crippen LogP contribution is -2.25. The van der Waals surface area contributed by atoms with Gasteiger partial charge < -0.3 is 9.72 Å². The Labute approximate surface area is 120 Å². The SMILES string of the molecule is COc1c(Cc2cccc3ccccc23)[nH]c(=O)[nH]c1=O. The molecule has 3 rings (SSSR count). The molecule has 106 valence electrons. The maximum atomic E-state index is 11.7. The van der Waals surface area contributed by atoms with Gasteiger partial charge in [0.1, 0.15) is 0 Å². The summed E-state index contributed by atoms with van der Waals surface area (Å²) in [5, 5.41) is 2.20. The topological polar surface area (TPSA) is 75.0 Å². The number of ether oxygens (including phenoxy) is 1. The predicted molar refractivity (Wildman–Crippen MR) is 81.0 cm³/mol. The molecule has 1 aromatic heterocycles. The molecule has 0 aliphatic carbocycles. The first-order valence-corrected chi connectivity index (χ1v) is 6.55. The summed E-state index contributed by atoms with van der Waals surface area (Å²) in [5.41, 5.74) is 0.447. The summed E-state index contributed by atoms with van der Waals surface area (Å²) in [6, 6.07) is 13.9. The van der Waals surface area contributed by atoms with Gasteiger partial charge in [0.05, 0.1) is 12.8 Å². The number of H-pyrrole nitrogens is 2. The third-order valence-electron chi connectivity index (χ3n) is 3.42. The summed E-state index contributed by atoms with van der Waals surface area (Å²) in [6.45, 7) is 0. The zero-order valence-electron chi connectivity index (χ0n) is 11.5. The Hall–Kier alpha value is -2.82. The standard InChI is InChI=1S/C16H14N2O3/c1-21-14-13(17-16(20)18-15(14)19)9-11-7-4-6-10-5-2-3-8-12(10)11/h2-8H,9H2,1H3,(H2,17,18,19,20).